The van der Waals surface area contributed by atoms with E-state index in [4.69, 9.17) is 4.74 Å². The number of hydrogen-bond donors (Lipinski definition) is 2. The van der Waals surface area contributed by atoms with Gasteiger partial charge in [-0.3, -0.25) is 0 Å². The zero-order valence-electron chi connectivity index (χ0n) is 18.8. The molecular formula is C24H34N6O+2. The third-order valence-electron chi connectivity index (χ3n) is 6.09. The molecule has 0 radical (unpaired) electrons. The molecule has 4 rings (SSSR count). The Morgan fingerprint density at radius 2 is 1.68 bits per heavy atom. The number of rotatable bonds is 8. The molecule has 0 spiro atoms. The van der Waals surface area contributed by atoms with E-state index in [-0.39, 0.29) is 12.1 Å². The average Bonchev–Trinajstić information content (AvgIpc) is 3.27. The molecule has 2 aromatic carbocycles. The average molecular weight is 423 g/mol. The van der Waals surface area contributed by atoms with Crippen LogP contribution in [0.1, 0.15) is 49.8 Å². The monoisotopic (exact) mass is 422 g/mol. The standard InChI is InChI=1S/C24H32N6O/c1-4-31-22-12-10-21(11-13-22)23(24-25-26-27-30(24)19(2)3)29-16-14-28(15-17-29)18-20-8-6-5-7-9-20/h5-13,19,23H,4,14-18H2,1-3H3/p+2/t23-/m1/s1. The molecule has 2 heterocycles. The molecule has 1 aliphatic heterocycles. The second-order valence-corrected chi connectivity index (χ2v) is 8.58. The van der Waals surface area contributed by atoms with Gasteiger partial charge in [-0.05, 0) is 55.5 Å². The Kier molecular flexibility index (Phi) is 6.94. The Bertz CT molecular complexity index is 932. The molecule has 0 unspecified atom stereocenters. The van der Waals surface area contributed by atoms with Crippen molar-refractivity contribution in [2.45, 2.75) is 39.4 Å². The van der Waals surface area contributed by atoms with Gasteiger partial charge < -0.3 is 14.5 Å². The highest BCUT2D eigenvalue weighted by Gasteiger charge is 2.36. The normalized spacial score (nSPS) is 20.0. The van der Waals surface area contributed by atoms with Gasteiger partial charge in [0, 0.05) is 11.1 Å². The molecule has 3 aromatic rings. The van der Waals surface area contributed by atoms with Crippen LogP contribution in [0.5, 0.6) is 5.75 Å². The van der Waals surface area contributed by atoms with E-state index in [2.05, 4.69) is 84.0 Å². The third kappa shape index (κ3) is 5.11. The molecule has 31 heavy (non-hydrogen) atoms. The molecule has 0 bridgehead atoms. The highest BCUT2D eigenvalue weighted by Crippen LogP contribution is 2.22. The number of ether oxygens (including phenoxy) is 1. The van der Waals surface area contributed by atoms with E-state index in [9.17, 15) is 0 Å². The number of piperazine rings is 1. The molecule has 0 aliphatic carbocycles. The van der Waals surface area contributed by atoms with E-state index in [0.29, 0.717) is 6.61 Å². The van der Waals surface area contributed by atoms with Crippen LogP contribution >= 0.6 is 0 Å². The molecule has 0 saturated carbocycles. The first kappa shape index (κ1) is 21.5. The SMILES string of the molecule is CCOc1ccc([C@H](c2nnnn2C(C)C)[NH+]2CC[NH+](Cc3ccccc3)CC2)cc1. The number of aromatic nitrogens is 4. The van der Waals surface area contributed by atoms with Crippen molar-refractivity contribution in [2.75, 3.05) is 32.8 Å². The van der Waals surface area contributed by atoms with Crippen LogP contribution in [0.15, 0.2) is 54.6 Å². The van der Waals surface area contributed by atoms with Gasteiger partial charge in [0.2, 0.25) is 5.82 Å². The van der Waals surface area contributed by atoms with Crippen molar-refractivity contribution in [3.63, 3.8) is 0 Å². The fraction of sp³-hybridized carbons (Fsp3) is 0.458. The third-order valence-corrected chi connectivity index (χ3v) is 6.09. The summed E-state index contributed by atoms with van der Waals surface area (Å²) in [5.41, 5.74) is 2.65. The summed E-state index contributed by atoms with van der Waals surface area (Å²) in [6.07, 6.45) is 0. The summed E-state index contributed by atoms with van der Waals surface area (Å²) in [4.78, 5) is 3.17. The maximum Gasteiger partial charge on any atom is 0.214 e. The Morgan fingerprint density at radius 3 is 2.32 bits per heavy atom. The summed E-state index contributed by atoms with van der Waals surface area (Å²) in [6.45, 7) is 12.5. The fourth-order valence-corrected chi connectivity index (χ4v) is 4.52. The Balaban J connectivity index is 1.54. The Labute approximate surface area is 184 Å². The fourth-order valence-electron chi connectivity index (χ4n) is 4.52. The number of benzene rings is 2. The predicted molar refractivity (Wildman–Crippen MR) is 119 cm³/mol. The summed E-state index contributed by atoms with van der Waals surface area (Å²) in [7, 11) is 0. The lowest BCUT2D eigenvalue weighted by Crippen LogP contribution is -3.27. The zero-order chi connectivity index (χ0) is 21.6. The quantitative estimate of drug-likeness (QED) is 0.562. The van der Waals surface area contributed by atoms with Gasteiger partial charge in [-0.15, -0.1) is 5.10 Å². The van der Waals surface area contributed by atoms with E-state index < -0.39 is 0 Å². The molecule has 7 nitrogen and oxygen atoms in total. The topological polar surface area (TPSA) is 61.7 Å². The van der Waals surface area contributed by atoms with Gasteiger partial charge in [-0.25, -0.2) is 4.68 Å². The highest BCUT2D eigenvalue weighted by atomic mass is 16.5. The second-order valence-electron chi connectivity index (χ2n) is 8.58. The van der Waals surface area contributed by atoms with E-state index in [0.717, 1.165) is 44.3 Å². The first-order valence-corrected chi connectivity index (χ1v) is 11.4. The minimum atomic E-state index is 0.117. The van der Waals surface area contributed by atoms with Crippen molar-refractivity contribution in [1.29, 1.82) is 0 Å². The molecule has 7 heteroatoms. The molecule has 1 atom stereocenters. The van der Waals surface area contributed by atoms with Gasteiger partial charge in [0.15, 0.2) is 6.04 Å². The van der Waals surface area contributed by atoms with Gasteiger partial charge in [0.1, 0.15) is 38.5 Å². The first-order valence-electron chi connectivity index (χ1n) is 11.4. The minimum Gasteiger partial charge on any atom is -0.494 e. The minimum absolute atomic E-state index is 0.117. The second kappa shape index (κ2) is 10.0. The summed E-state index contributed by atoms with van der Waals surface area (Å²) in [5.74, 6) is 1.85. The number of quaternary nitrogens is 2. The van der Waals surface area contributed by atoms with Crippen molar-refractivity contribution < 1.29 is 14.5 Å². The van der Waals surface area contributed by atoms with Gasteiger partial charge in [0.25, 0.3) is 0 Å². The lowest BCUT2D eigenvalue weighted by molar-refractivity contribution is -1.03. The number of nitrogens with one attached hydrogen (secondary N) is 2. The van der Waals surface area contributed by atoms with Crippen LogP contribution in [-0.2, 0) is 6.54 Å². The molecule has 1 aliphatic rings. The van der Waals surface area contributed by atoms with Crippen LogP contribution in [0, 0.1) is 0 Å². The smallest absolute Gasteiger partial charge is 0.214 e. The molecule has 164 valence electrons. The van der Waals surface area contributed by atoms with Crippen LogP contribution in [0.3, 0.4) is 0 Å². The molecular weight excluding hydrogens is 388 g/mol. The summed E-state index contributed by atoms with van der Waals surface area (Å²) >= 11 is 0. The van der Waals surface area contributed by atoms with Crippen LogP contribution in [0.2, 0.25) is 0 Å². The Morgan fingerprint density at radius 1 is 0.968 bits per heavy atom. The highest BCUT2D eigenvalue weighted by molar-refractivity contribution is 5.30. The van der Waals surface area contributed by atoms with Crippen LogP contribution in [-0.4, -0.2) is 53.0 Å². The molecule has 0 amide bonds. The number of tetrazole rings is 1. The van der Waals surface area contributed by atoms with Crippen LogP contribution in [0.25, 0.3) is 0 Å². The predicted octanol–water partition coefficient (Wildman–Crippen LogP) is 0.726. The zero-order valence-corrected chi connectivity index (χ0v) is 18.8. The van der Waals surface area contributed by atoms with Crippen LogP contribution < -0.4 is 14.5 Å². The largest absolute Gasteiger partial charge is 0.494 e. The molecule has 1 saturated heterocycles. The molecule has 1 fully saturated rings. The summed E-state index contributed by atoms with van der Waals surface area (Å²) < 4.78 is 7.62. The van der Waals surface area contributed by atoms with Crippen LogP contribution in [0.4, 0.5) is 0 Å². The Hall–Kier alpha value is -2.77. The van der Waals surface area contributed by atoms with E-state index >= 15 is 0 Å². The summed E-state index contributed by atoms with van der Waals surface area (Å²) in [6, 6.07) is 19.6. The lowest BCUT2D eigenvalue weighted by atomic mass is 10.0. The molecule has 2 N–H and O–H groups in total. The van der Waals surface area contributed by atoms with Crippen molar-refractivity contribution in [3.05, 3.63) is 71.5 Å². The van der Waals surface area contributed by atoms with Gasteiger partial charge in [-0.1, -0.05) is 30.3 Å². The number of nitrogens with zero attached hydrogens (tertiary/aromatic N) is 4. The van der Waals surface area contributed by atoms with E-state index in [1.54, 1.807) is 4.90 Å². The maximum atomic E-state index is 5.65. The summed E-state index contributed by atoms with van der Waals surface area (Å²) in [5, 5.41) is 12.8. The number of hydrogen-bond acceptors (Lipinski definition) is 4. The maximum absolute atomic E-state index is 5.65. The van der Waals surface area contributed by atoms with Crippen molar-refractivity contribution >= 4 is 0 Å². The van der Waals surface area contributed by atoms with Gasteiger partial charge in [-0.2, -0.15) is 0 Å². The van der Waals surface area contributed by atoms with Gasteiger partial charge >= 0.3 is 0 Å². The molecule has 1 aromatic heterocycles. The van der Waals surface area contributed by atoms with Crippen molar-refractivity contribution in [3.8, 4) is 5.75 Å². The first-order chi connectivity index (χ1) is 15.2. The van der Waals surface area contributed by atoms with Crippen molar-refractivity contribution in [1.82, 2.24) is 20.2 Å². The van der Waals surface area contributed by atoms with E-state index in [1.165, 1.54) is 16.0 Å². The van der Waals surface area contributed by atoms with Crippen molar-refractivity contribution in [2.24, 2.45) is 0 Å². The lowest BCUT2D eigenvalue weighted by Gasteiger charge is -2.34. The van der Waals surface area contributed by atoms with Gasteiger partial charge in [0.05, 0.1) is 12.6 Å². The van der Waals surface area contributed by atoms with E-state index in [1.807, 2.05) is 11.6 Å².